The molecule has 0 unspecified atom stereocenters. The molecule has 13 heavy (non-hydrogen) atoms. The number of hydrogen-bond acceptors (Lipinski definition) is 2. The van der Waals surface area contributed by atoms with Gasteiger partial charge in [0.2, 0.25) is 0 Å². The van der Waals surface area contributed by atoms with Crippen molar-refractivity contribution in [2.45, 2.75) is 13.3 Å². The summed E-state index contributed by atoms with van der Waals surface area (Å²) >= 11 is 0. The van der Waals surface area contributed by atoms with E-state index >= 15 is 0 Å². The molecular weight excluding hydrogens is 166 g/mol. The predicted octanol–water partition coefficient (Wildman–Crippen LogP) is 1.08. The van der Waals surface area contributed by atoms with Crippen molar-refractivity contribution >= 4 is 5.97 Å². The average Bonchev–Trinajstić information content (AvgIpc) is 2.15. The first-order valence-electron chi connectivity index (χ1n) is 4.37. The minimum Gasteiger partial charge on any atom is -0.458 e. The second-order valence-electron chi connectivity index (χ2n) is 2.83. The maximum Gasteiger partial charge on any atom is 0.403 e. The van der Waals surface area contributed by atoms with Gasteiger partial charge in [-0.1, -0.05) is 6.92 Å². The van der Waals surface area contributed by atoms with Gasteiger partial charge in [0.15, 0.2) is 6.20 Å². The lowest BCUT2D eigenvalue weighted by Gasteiger charge is -2.00. The largest absolute Gasteiger partial charge is 0.458 e. The molecule has 0 saturated heterocycles. The monoisotopic (exact) mass is 180 g/mol. The number of nitrogens with zero attached hydrogens (tertiary/aromatic N) is 1. The maximum absolute atomic E-state index is 11.4. The normalized spacial score (nSPS) is 9.69. The number of carbonyl (C=O) groups is 1. The molecular formula is C10H14NO2+. The molecule has 0 radical (unpaired) electrons. The number of aromatic nitrogens is 1. The topological polar surface area (TPSA) is 30.2 Å². The quantitative estimate of drug-likeness (QED) is 0.514. The van der Waals surface area contributed by atoms with Crippen molar-refractivity contribution in [3.8, 4) is 0 Å². The average molecular weight is 180 g/mol. The van der Waals surface area contributed by atoms with E-state index in [1.165, 1.54) is 0 Å². The van der Waals surface area contributed by atoms with Crippen molar-refractivity contribution in [3.63, 3.8) is 0 Å². The first-order chi connectivity index (χ1) is 6.25. The van der Waals surface area contributed by atoms with Gasteiger partial charge in [-0.3, -0.25) is 0 Å². The number of pyridine rings is 1. The van der Waals surface area contributed by atoms with Gasteiger partial charge >= 0.3 is 5.97 Å². The van der Waals surface area contributed by atoms with Crippen molar-refractivity contribution < 1.29 is 14.1 Å². The van der Waals surface area contributed by atoms with E-state index in [9.17, 15) is 4.79 Å². The molecule has 3 heteroatoms. The fourth-order valence-corrected chi connectivity index (χ4v) is 1.00. The third-order valence-corrected chi connectivity index (χ3v) is 1.70. The Morgan fingerprint density at radius 3 is 2.92 bits per heavy atom. The van der Waals surface area contributed by atoms with E-state index in [0.29, 0.717) is 12.3 Å². The molecule has 0 saturated carbocycles. The first kappa shape index (κ1) is 9.71. The minimum absolute atomic E-state index is 0.259. The van der Waals surface area contributed by atoms with Crippen LogP contribution in [0.1, 0.15) is 23.8 Å². The molecule has 0 spiro atoms. The summed E-state index contributed by atoms with van der Waals surface area (Å²) in [6.45, 7) is 2.45. The van der Waals surface area contributed by atoms with Crippen LogP contribution in [0.25, 0.3) is 0 Å². The lowest BCUT2D eigenvalue weighted by molar-refractivity contribution is -0.674. The molecule has 70 valence electrons. The smallest absolute Gasteiger partial charge is 0.403 e. The van der Waals surface area contributed by atoms with Gasteiger partial charge in [-0.05, 0) is 12.5 Å². The summed E-state index contributed by atoms with van der Waals surface area (Å²) in [5, 5.41) is 0. The lowest BCUT2D eigenvalue weighted by atomic mass is 10.3. The molecule has 0 aliphatic rings. The number of esters is 1. The summed E-state index contributed by atoms with van der Waals surface area (Å²) in [5.74, 6) is -0.259. The molecule has 1 rings (SSSR count). The van der Waals surface area contributed by atoms with Crippen LogP contribution in [0.3, 0.4) is 0 Å². The molecule has 0 aliphatic carbocycles. The summed E-state index contributed by atoms with van der Waals surface area (Å²) in [6.07, 6.45) is 2.67. The van der Waals surface area contributed by atoms with Crippen molar-refractivity contribution in [1.29, 1.82) is 0 Å². The maximum atomic E-state index is 11.4. The van der Waals surface area contributed by atoms with E-state index in [1.807, 2.05) is 32.3 Å². The van der Waals surface area contributed by atoms with Gasteiger partial charge in [0.25, 0.3) is 5.69 Å². The lowest BCUT2D eigenvalue weighted by Crippen LogP contribution is -2.36. The Kier molecular flexibility index (Phi) is 3.43. The SMILES string of the molecule is CCCOC(=O)c1cccc[n+]1C. The fourth-order valence-electron chi connectivity index (χ4n) is 1.00. The number of ether oxygens (including phenoxy) is 1. The predicted molar refractivity (Wildman–Crippen MR) is 48.2 cm³/mol. The molecule has 0 aliphatic heterocycles. The van der Waals surface area contributed by atoms with Crippen molar-refractivity contribution in [2.24, 2.45) is 7.05 Å². The van der Waals surface area contributed by atoms with Crippen LogP contribution in [0, 0.1) is 0 Å². The second kappa shape index (κ2) is 4.60. The minimum atomic E-state index is -0.259. The zero-order chi connectivity index (χ0) is 9.68. The van der Waals surface area contributed by atoms with Crippen LogP contribution < -0.4 is 4.57 Å². The van der Waals surface area contributed by atoms with Gasteiger partial charge < -0.3 is 4.74 Å². The molecule has 1 aromatic heterocycles. The van der Waals surface area contributed by atoms with E-state index in [0.717, 1.165) is 6.42 Å². The van der Waals surface area contributed by atoms with Crippen LogP contribution in [-0.4, -0.2) is 12.6 Å². The van der Waals surface area contributed by atoms with Crippen LogP contribution >= 0.6 is 0 Å². The van der Waals surface area contributed by atoms with Crippen LogP contribution in [-0.2, 0) is 11.8 Å². The molecule has 0 fully saturated rings. The molecule has 3 nitrogen and oxygen atoms in total. The van der Waals surface area contributed by atoms with Gasteiger partial charge in [0, 0.05) is 12.1 Å². The molecule has 0 aromatic carbocycles. The summed E-state index contributed by atoms with van der Waals surface area (Å²) in [6, 6.07) is 5.44. The molecule has 1 heterocycles. The Morgan fingerprint density at radius 2 is 2.31 bits per heavy atom. The van der Waals surface area contributed by atoms with Gasteiger partial charge in [0.1, 0.15) is 7.05 Å². The standard InChI is InChI=1S/C10H14NO2/c1-3-8-13-10(12)9-6-4-5-7-11(9)2/h4-7H,3,8H2,1-2H3/q+1. The van der Waals surface area contributed by atoms with Gasteiger partial charge in [0.05, 0.1) is 6.61 Å². The zero-order valence-electron chi connectivity index (χ0n) is 7.99. The highest BCUT2D eigenvalue weighted by molar-refractivity contribution is 5.85. The summed E-state index contributed by atoms with van der Waals surface area (Å²) in [5.41, 5.74) is 0.580. The van der Waals surface area contributed by atoms with Crippen molar-refractivity contribution in [1.82, 2.24) is 0 Å². The van der Waals surface area contributed by atoms with E-state index in [-0.39, 0.29) is 5.97 Å². The van der Waals surface area contributed by atoms with E-state index in [4.69, 9.17) is 4.74 Å². The Hall–Kier alpha value is -1.38. The third kappa shape index (κ3) is 2.54. The summed E-state index contributed by atoms with van der Waals surface area (Å²) in [7, 11) is 1.82. The Balaban J connectivity index is 2.71. The highest BCUT2D eigenvalue weighted by atomic mass is 16.5. The number of hydrogen-bond donors (Lipinski definition) is 0. The highest BCUT2D eigenvalue weighted by Crippen LogP contribution is 1.94. The second-order valence-corrected chi connectivity index (χ2v) is 2.83. The fraction of sp³-hybridized carbons (Fsp3) is 0.400. The zero-order valence-corrected chi connectivity index (χ0v) is 7.99. The van der Waals surface area contributed by atoms with Crippen molar-refractivity contribution in [2.75, 3.05) is 6.61 Å². The highest BCUT2D eigenvalue weighted by Gasteiger charge is 2.16. The van der Waals surface area contributed by atoms with E-state index in [1.54, 1.807) is 10.6 Å². The molecule has 0 amide bonds. The first-order valence-corrected chi connectivity index (χ1v) is 4.37. The van der Waals surface area contributed by atoms with E-state index in [2.05, 4.69) is 0 Å². The van der Waals surface area contributed by atoms with E-state index < -0.39 is 0 Å². The third-order valence-electron chi connectivity index (χ3n) is 1.70. The number of carbonyl (C=O) groups excluding carboxylic acids is 1. The Morgan fingerprint density at radius 1 is 1.54 bits per heavy atom. The van der Waals surface area contributed by atoms with Crippen LogP contribution in [0.15, 0.2) is 24.4 Å². The van der Waals surface area contributed by atoms with Crippen molar-refractivity contribution in [3.05, 3.63) is 30.1 Å². The molecule has 0 bridgehead atoms. The molecule has 0 N–H and O–H groups in total. The molecule has 1 aromatic rings. The van der Waals surface area contributed by atoms with Crippen LogP contribution in [0.2, 0.25) is 0 Å². The van der Waals surface area contributed by atoms with Gasteiger partial charge in [-0.15, -0.1) is 0 Å². The number of aryl methyl sites for hydroxylation is 1. The van der Waals surface area contributed by atoms with Crippen LogP contribution in [0.4, 0.5) is 0 Å². The Bertz CT molecular complexity index is 297. The summed E-state index contributed by atoms with van der Waals surface area (Å²) < 4.78 is 6.75. The number of rotatable bonds is 3. The van der Waals surface area contributed by atoms with Gasteiger partial charge in [-0.2, -0.15) is 4.57 Å². The molecule has 0 atom stereocenters. The Labute approximate surface area is 78.0 Å². The summed E-state index contributed by atoms with van der Waals surface area (Å²) in [4.78, 5) is 11.4. The van der Waals surface area contributed by atoms with Crippen LogP contribution in [0.5, 0.6) is 0 Å². The van der Waals surface area contributed by atoms with Gasteiger partial charge in [-0.25, -0.2) is 4.79 Å².